The Morgan fingerprint density at radius 1 is 0.636 bits per heavy atom. The van der Waals surface area contributed by atoms with Crippen LogP contribution in [0, 0.1) is 29.1 Å². The van der Waals surface area contributed by atoms with E-state index >= 15 is 0 Å². The Labute approximate surface area is 121 Å². The number of benzene rings is 1. The highest BCUT2D eigenvalue weighted by Crippen LogP contribution is 2.36. The standard InChI is InChI=1S/C15H9F5N2/c16-11-10(12(17)14(19)15(20)13(11)18)9(7-3-1-5-21-7)8-4-2-6-22-8/h1-6,9,21-22H. The fourth-order valence-corrected chi connectivity index (χ4v) is 2.40. The number of hydrogen-bond acceptors (Lipinski definition) is 0. The topological polar surface area (TPSA) is 31.6 Å². The Hall–Kier alpha value is -2.57. The Bertz CT molecular complexity index is 731. The molecule has 3 rings (SSSR count). The molecule has 0 unspecified atom stereocenters. The molecule has 1 aromatic carbocycles. The van der Waals surface area contributed by atoms with Gasteiger partial charge in [0, 0.05) is 29.3 Å². The summed E-state index contributed by atoms with van der Waals surface area (Å²) in [5.41, 5.74) is -0.308. The third-order valence-corrected chi connectivity index (χ3v) is 3.40. The molecule has 2 N–H and O–H groups in total. The van der Waals surface area contributed by atoms with E-state index in [1.165, 1.54) is 24.5 Å². The molecular weight excluding hydrogens is 303 g/mol. The summed E-state index contributed by atoms with van der Waals surface area (Å²) in [5, 5.41) is 0. The van der Waals surface area contributed by atoms with E-state index in [4.69, 9.17) is 0 Å². The van der Waals surface area contributed by atoms with Crippen LogP contribution >= 0.6 is 0 Å². The summed E-state index contributed by atoms with van der Waals surface area (Å²) in [7, 11) is 0. The average molecular weight is 312 g/mol. The number of aromatic nitrogens is 2. The van der Waals surface area contributed by atoms with Gasteiger partial charge in [-0.25, -0.2) is 22.0 Å². The Morgan fingerprint density at radius 2 is 1.05 bits per heavy atom. The van der Waals surface area contributed by atoms with Gasteiger partial charge in [-0.05, 0) is 24.3 Å². The number of nitrogens with one attached hydrogen (secondary N) is 2. The smallest absolute Gasteiger partial charge is 0.200 e. The van der Waals surface area contributed by atoms with Gasteiger partial charge < -0.3 is 9.97 Å². The average Bonchev–Trinajstić information content (AvgIpc) is 3.20. The van der Waals surface area contributed by atoms with E-state index in [1.807, 2.05) is 0 Å². The molecule has 0 amide bonds. The zero-order chi connectivity index (χ0) is 15.9. The molecular formula is C15H9F5N2. The van der Waals surface area contributed by atoms with Gasteiger partial charge in [-0.2, -0.15) is 0 Å². The third-order valence-electron chi connectivity index (χ3n) is 3.40. The molecule has 0 saturated carbocycles. The van der Waals surface area contributed by atoms with E-state index < -0.39 is 40.6 Å². The summed E-state index contributed by atoms with van der Waals surface area (Å²) in [5.74, 6) is -10.9. The fraction of sp³-hybridized carbons (Fsp3) is 0.0667. The molecule has 7 heteroatoms. The first-order chi connectivity index (χ1) is 10.5. The first kappa shape index (κ1) is 14.4. The van der Waals surface area contributed by atoms with Crippen molar-refractivity contribution in [1.82, 2.24) is 9.97 Å². The number of hydrogen-bond donors (Lipinski definition) is 2. The van der Waals surface area contributed by atoms with Crippen molar-refractivity contribution in [3.63, 3.8) is 0 Å². The van der Waals surface area contributed by atoms with E-state index in [0.29, 0.717) is 11.4 Å². The third kappa shape index (κ3) is 2.09. The molecule has 0 radical (unpaired) electrons. The van der Waals surface area contributed by atoms with Gasteiger partial charge in [0.15, 0.2) is 23.3 Å². The zero-order valence-corrected chi connectivity index (χ0v) is 10.9. The molecule has 0 fully saturated rings. The molecule has 0 aliphatic heterocycles. The second kappa shape index (κ2) is 5.32. The summed E-state index contributed by atoms with van der Waals surface area (Å²) < 4.78 is 68.3. The Balaban J connectivity index is 2.31. The van der Waals surface area contributed by atoms with Crippen molar-refractivity contribution in [3.8, 4) is 0 Å². The highest BCUT2D eigenvalue weighted by atomic mass is 19.2. The lowest BCUT2D eigenvalue weighted by Gasteiger charge is -2.18. The lowest BCUT2D eigenvalue weighted by atomic mass is 9.91. The molecule has 0 spiro atoms. The highest BCUT2D eigenvalue weighted by Gasteiger charge is 2.32. The van der Waals surface area contributed by atoms with Crippen LogP contribution in [0.3, 0.4) is 0 Å². The highest BCUT2D eigenvalue weighted by molar-refractivity contribution is 5.40. The van der Waals surface area contributed by atoms with Crippen LogP contribution in [0.25, 0.3) is 0 Å². The van der Waals surface area contributed by atoms with Crippen LogP contribution in [0.4, 0.5) is 22.0 Å². The van der Waals surface area contributed by atoms with E-state index in [1.54, 1.807) is 12.1 Å². The minimum absolute atomic E-state index is 0.297. The Morgan fingerprint density at radius 3 is 1.41 bits per heavy atom. The maximum Gasteiger partial charge on any atom is 0.200 e. The molecule has 22 heavy (non-hydrogen) atoms. The minimum Gasteiger partial charge on any atom is -0.364 e. The van der Waals surface area contributed by atoms with Crippen LogP contribution < -0.4 is 0 Å². The van der Waals surface area contributed by atoms with Crippen molar-refractivity contribution >= 4 is 0 Å². The van der Waals surface area contributed by atoms with Gasteiger partial charge in [-0.3, -0.25) is 0 Å². The molecule has 0 bridgehead atoms. The molecule has 0 saturated heterocycles. The number of halogens is 5. The first-order valence-electron chi connectivity index (χ1n) is 6.30. The van der Waals surface area contributed by atoms with Gasteiger partial charge in [0.2, 0.25) is 5.82 Å². The van der Waals surface area contributed by atoms with Gasteiger partial charge in [0.05, 0.1) is 5.92 Å². The fourth-order valence-electron chi connectivity index (χ4n) is 2.40. The lowest BCUT2D eigenvalue weighted by molar-refractivity contribution is 0.368. The van der Waals surface area contributed by atoms with Crippen molar-refractivity contribution < 1.29 is 22.0 Å². The molecule has 3 aromatic rings. The SMILES string of the molecule is Fc1c(F)c(F)c(C(c2ccc[nH]2)c2ccc[nH]2)c(F)c1F. The van der Waals surface area contributed by atoms with Crippen molar-refractivity contribution in [2.75, 3.05) is 0 Å². The van der Waals surface area contributed by atoms with Gasteiger partial charge in [-0.1, -0.05) is 0 Å². The summed E-state index contributed by atoms with van der Waals surface area (Å²) in [6.45, 7) is 0. The van der Waals surface area contributed by atoms with Gasteiger partial charge in [-0.15, -0.1) is 0 Å². The van der Waals surface area contributed by atoms with E-state index in [-0.39, 0.29) is 0 Å². The number of rotatable bonds is 3. The zero-order valence-electron chi connectivity index (χ0n) is 10.9. The minimum atomic E-state index is -2.17. The molecule has 0 aliphatic carbocycles. The number of H-pyrrole nitrogens is 2. The second-order valence-corrected chi connectivity index (χ2v) is 4.67. The summed E-state index contributed by atoms with van der Waals surface area (Å²) in [6.07, 6.45) is 2.99. The van der Waals surface area contributed by atoms with Crippen molar-refractivity contribution in [3.05, 3.63) is 82.7 Å². The van der Waals surface area contributed by atoms with E-state index in [0.717, 1.165) is 0 Å². The predicted octanol–water partition coefficient (Wildman–Crippen LogP) is 4.22. The predicted molar refractivity (Wildman–Crippen MR) is 68.8 cm³/mol. The molecule has 0 atom stereocenters. The maximum atomic E-state index is 14.1. The van der Waals surface area contributed by atoms with Crippen LogP contribution in [0.5, 0.6) is 0 Å². The van der Waals surface area contributed by atoms with Crippen LogP contribution in [-0.4, -0.2) is 9.97 Å². The van der Waals surface area contributed by atoms with Crippen molar-refractivity contribution in [2.24, 2.45) is 0 Å². The maximum absolute atomic E-state index is 14.1. The number of aromatic amines is 2. The summed E-state index contributed by atoms with van der Waals surface area (Å²) >= 11 is 0. The molecule has 0 aliphatic rings. The Kier molecular flexibility index (Phi) is 3.48. The largest absolute Gasteiger partial charge is 0.364 e. The monoisotopic (exact) mass is 312 g/mol. The summed E-state index contributed by atoms with van der Waals surface area (Å²) in [4.78, 5) is 5.48. The quantitative estimate of drug-likeness (QED) is 0.412. The van der Waals surface area contributed by atoms with Crippen LogP contribution in [0.2, 0.25) is 0 Å². The van der Waals surface area contributed by atoms with E-state index in [2.05, 4.69) is 9.97 Å². The van der Waals surface area contributed by atoms with Crippen LogP contribution in [0.1, 0.15) is 22.9 Å². The second-order valence-electron chi connectivity index (χ2n) is 4.67. The van der Waals surface area contributed by atoms with Crippen LogP contribution in [0.15, 0.2) is 36.7 Å². The van der Waals surface area contributed by atoms with Gasteiger partial charge in [0.1, 0.15) is 0 Å². The van der Waals surface area contributed by atoms with E-state index in [9.17, 15) is 22.0 Å². The van der Waals surface area contributed by atoms with Crippen LogP contribution in [-0.2, 0) is 0 Å². The lowest BCUT2D eigenvalue weighted by Crippen LogP contribution is -2.14. The van der Waals surface area contributed by atoms with Crippen molar-refractivity contribution in [2.45, 2.75) is 5.92 Å². The first-order valence-corrected chi connectivity index (χ1v) is 6.30. The van der Waals surface area contributed by atoms with Gasteiger partial charge in [0.25, 0.3) is 0 Å². The summed E-state index contributed by atoms with van der Waals surface area (Å²) in [6, 6.07) is 6.14. The molecule has 2 heterocycles. The van der Waals surface area contributed by atoms with Gasteiger partial charge >= 0.3 is 0 Å². The molecule has 114 valence electrons. The molecule has 2 aromatic heterocycles. The van der Waals surface area contributed by atoms with Crippen molar-refractivity contribution in [1.29, 1.82) is 0 Å². The normalized spacial score (nSPS) is 11.4. The molecule has 2 nitrogen and oxygen atoms in total.